The van der Waals surface area contributed by atoms with Gasteiger partial charge in [-0.1, -0.05) is 58.4 Å². The second-order valence-corrected chi connectivity index (χ2v) is 8.39. The molecule has 0 bridgehead atoms. The Morgan fingerprint density at radius 1 is 1.15 bits per heavy atom. The first-order valence-corrected chi connectivity index (χ1v) is 10.3. The van der Waals surface area contributed by atoms with Gasteiger partial charge in [-0.3, -0.25) is 4.79 Å². The molecule has 1 heterocycles. The Balaban J connectivity index is 1.48. The third-order valence-electron chi connectivity index (χ3n) is 3.26. The van der Waals surface area contributed by atoms with Crippen molar-refractivity contribution in [1.29, 1.82) is 0 Å². The van der Waals surface area contributed by atoms with Crippen molar-refractivity contribution in [2.24, 2.45) is 0 Å². The van der Waals surface area contributed by atoms with Crippen LogP contribution in [-0.2, 0) is 4.79 Å². The van der Waals surface area contributed by atoms with Crippen LogP contribution in [-0.4, -0.2) is 21.9 Å². The molecule has 3 rings (SSSR count). The Morgan fingerprint density at radius 2 is 1.89 bits per heavy atom. The van der Waals surface area contributed by atoms with Crippen LogP contribution in [0.3, 0.4) is 0 Å². The van der Waals surface area contributed by atoms with Crippen molar-refractivity contribution in [1.82, 2.24) is 10.2 Å². The summed E-state index contributed by atoms with van der Waals surface area (Å²) in [5.74, 6) is -0.00782. The summed E-state index contributed by atoms with van der Waals surface area (Å²) in [5.41, 5.74) is 1.01. The molecule has 27 heavy (non-hydrogen) atoms. The largest absolute Gasteiger partial charge is 0.330 e. The number of thioether (sulfide) groups is 1. The number of aromatic nitrogens is 2. The quantitative estimate of drug-likeness (QED) is 0.449. The lowest BCUT2D eigenvalue weighted by molar-refractivity contribution is -0.115. The van der Waals surface area contributed by atoms with E-state index < -0.39 is 0 Å². The number of nitrogens with zero attached hydrogens (tertiary/aromatic N) is 2. The number of hydrogen-bond acceptors (Lipinski definition) is 6. The Kier molecular flexibility index (Phi) is 6.89. The SMILES string of the molecule is O=C(CCSc1nnc(Nc2cccc(F)c2)s1)Nc1c(Cl)cccc1Cl. The van der Waals surface area contributed by atoms with Gasteiger partial charge in [-0.05, 0) is 30.3 Å². The van der Waals surface area contributed by atoms with E-state index in [1.165, 1.54) is 35.2 Å². The minimum Gasteiger partial charge on any atom is -0.330 e. The van der Waals surface area contributed by atoms with E-state index in [9.17, 15) is 9.18 Å². The smallest absolute Gasteiger partial charge is 0.225 e. The van der Waals surface area contributed by atoms with E-state index in [2.05, 4.69) is 20.8 Å². The molecule has 3 aromatic rings. The van der Waals surface area contributed by atoms with Crippen molar-refractivity contribution in [3.8, 4) is 0 Å². The molecule has 0 aliphatic heterocycles. The molecule has 2 N–H and O–H groups in total. The van der Waals surface area contributed by atoms with Gasteiger partial charge in [-0.15, -0.1) is 10.2 Å². The maximum atomic E-state index is 13.2. The van der Waals surface area contributed by atoms with Gasteiger partial charge in [0.15, 0.2) is 4.34 Å². The van der Waals surface area contributed by atoms with Gasteiger partial charge in [-0.2, -0.15) is 0 Å². The number of halogens is 3. The molecule has 5 nitrogen and oxygen atoms in total. The molecule has 2 aromatic carbocycles. The zero-order chi connectivity index (χ0) is 19.2. The average molecular weight is 443 g/mol. The molecule has 1 aromatic heterocycles. The van der Waals surface area contributed by atoms with Crippen LogP contribution in [0, 0.1) is 5.82 Å². The molecule has 10 heteroatoms. The van der Waals surface area contributed by atoms with Gasteiger partial charge in [0.1, 0.15) is 5.82 Å². The number of amides is 1. The Labute approximate surface area is 173 Å². The first-order valence-electron chi connectivity index (χ1n) is 7.74. The topological polar surface area (TPSA) is 66.9 Å². The van der Waals surface area contributed by atoms with E-state index in [1.54, 1.807) is 30.3 Å². The number of carbonyl (C=O) groups excluding carboxylic acids is 1. The average Bonchev–Trinajstić information content (AvgIpc) is 3.05. The highest BCUT2D eigenvalue weighted by molar-refractivity contribution is 8.01. The molecular formula is C17H13Cl2FN4OS2. The number of carbonyl (C=O) groups is 1. The van der Waals surface area contributed by atoms with E-state index in [0.29, 0.717) is 36.6 Å². The summed E-state index contributed by atoms with van der Waals surface area (Å²) in [5, 5.41) is 15.1. The normalized spacial score (nSPS) is 10.6. The number of anilines is 3. The molecule has 0 aliphatic rings. The third kappa shape index (κ3) is 5.80. The summed E-state index contributed by atoms with van der Waals surface area (Å²) in [4.78, 5) is 12.1. The maximum Gasteiger partial charge on any atom is 0.225 e. The molecule has 0 saturated carbocycles. The second kappa shape index (κ2) is 9.36. The van der Waals surface area contributed by atoms with Crippen molar-refractivity contribution in [2.45, 2.75) is 10.8 Å². The van der Waals surface area contributed by atoms with Crippen molar-refractivity contribution in [2.75, 3.05) is 16.4 Å². The summed E-state index contributed by atoms with van der Waals surface area (Å²) in [6.07, 6.45) is 0.262. The molecular weight excluding hydrogens is 430 g/mol. The van der Waals surface area contributed by atoms with Crippen LogP contribution < -0.4 is 10.6 Å². The van der Waals surface area contributed by atoms with E-state index in [-0.39, 0.29) is 18.1 Å². The highest BCUT2D eigenvalue weighted by Gasteiger charge is 2.11. The van der Waals surface area contributed by atoms with Crippen LogP contribution >= 0.6 is 46.3 Å². The molecule has 0 saturated heterocycles. The van der Waals surface area contributed by atoms with Crippen LogP contribution in [0.15, 0.2) is 46.8 Å². The summed E-state index contributed by atoms with van der Waals surface area (Å²) in [7, 11) is 0. The van der Waals surface area contributed by atoms with E-state index in [4.69, 9.17) is 23.2 Å². The summed E-state index contributed by atoms with van der Waals surface area (Å²) >= 11 is 14.8. The molecule has 0 spiro atoms. The minimum absolute atomic E-state index is 0.194. The molecule has 1 amide bonds. The fraction of sp³-hybridized carbons (Fsp3) is 0.118. The summed E-state index contributed by atoms with van der Waals surface area (Å²) in [6.45, 7) is 0. The highest BCUT2D eigenvalue weighted by Crippen LogP contribution is 2.31. The van der Waals surface area contributed by atoms with E-state index in [1.807, 2.05) is 0 Å². The molecule has 0 atom stereocenters. The first kappa shape index (κ1) is 19.9. The Hall–Kier alpha value is -1.87. The first-order chi connectivity index (χ1) is 13.0. The van der Waals surface area contributed by atoms with E-state index in [0.717, 1.165) is 0 Å². The second-order valence-electron chi connectivity index (χ2n) is 5.25. The van der Waals surface area contributed by atoms with Crippen molar-refractivity contribution in [3.05, 3.63) is 58.3 Å². The number of benzene rings is 2. The fourth-order valence-corrected chi connectivity index (χ4v) is 4.33. The molecule has 0 aliphatic carbocycles. The monoisotopic (exact) mass is 442 g/mol. The Bertz CT molecular complexity index is 934. The Morgan fingerprint density at radius 3 is 2.63 bits per heavy atom. The van der Waals surface area contributed by atoms with Crippen molar-refractivity contribution in [3.63, 3.8) is 0 Å². The van der Waals surface area contributed by atoms with Gasteiger partial charge in [0.05, 0.1) is 15.7 Å². The third-order valence-corrected chi connectivity index (χ3v) is 5.87. The van der Waals surface area contributed by atoms with Crippen molar-refractivity contribution < 1.29 is 9.18 Å². The molecule has 0 fully saturated rings. The number of para-hydroxylation sites is 1. The molecule has 0 unspecified atom stereocenters. The minimum atomic E-state index is -0.330. The van der Waals surface area contributed by atoms with Gasteiger partial charge >= 0.3 is 0 Å². The van der Waals surface area contributed by atoms with Gasteiger partial charge in [0.2, 0.25) is 11.0 Å². The zero-order valence-electron chi connectivity index (χ0n) is 13.7. The van der Waals surface area contributed by atoms with Gasteiger partial charge in [0, 0.05) is 17.9 Å². The number of nitrogens with one attached hydrogen (secondary N) is 2. The van der Waals surface area contributed by atoms with Crippen LogP contribution in [0.5, 0.6) is 0 Å². The summed E-state index contributed by atoms with van der Waals surface area (Å²) < 4.78 is 13.9. The maximum absolute atomic E-state index is 13.2. The number of hydrogen-bond donors (Lipinski definition) is 2. The van der Waals surface area contributed by atoms with Crippen LogP contribution in [0.2, 0.25) is 10.0 Å². The van der Waals surface area contributed by atoms with Crippen LogP contribution in [0.1, 0.15) is 6.42 Å². The van der Waals surface area contributed by atoms with Gasteiger partial charge in [0.25, 0.3) is 0 Å². The van der Waals surface area contributed by atoms with Crippen LogP contribution in [0.25, 0.3) is 0 Å². The predicted octanol–water partition coefficient (Wildman–Crippen LogP) is 5.85. The van der Waals surface area contributed by atoms with Crippen LogP contribution in [0.4, 0.5) is 20.9 Å². The molecule has 0 radical (unpaired) electrons. The van der Waals surface area contributed by atoms with Gasteiger partial charge < -0.3 is 10.6 Å². The van der Waals surface area contributed by atoms with E-state index >= 15 is 0 Å². The predicted molar refractivity (Wildman–Crippen MR) is 110 cm³/mol. The highest BCUT2D eigenvalue weighted by atomic mass is 35.5. The lowest BCUT2D eigenvalue weighted by Gasteiger charge is -2.08. The standard InChI is InChI=1S/C17H13Cl2FN4OS2/c18-12-5-2-6-13(19)15(12)22-14(25)7-8-26-17-24-23-16(27-17)21-11-4-1-3-10(20)9-11/h1-6,9H,7-8H2,(H,21,23)(H,22,25). The van der Waals surface area contributed by atoms with Gasteiger partial charge in [-0.25, -0.2) is 4.39 Å². The number of rotatable bonds is 7. The lowest BCUT2D eigenvalue weighted by Crippen LogP contribution is -2.12. The molecule has 140 valence electrons. The fourth-order valence-electron chi connectivity index (χ4n) is 2.06. The van der Waals surface area contributed by atoms with Crippen molar-refractivity contribution >= 4 is 68.7 Å². The lowest BCUT2D eigenvalue weighted by atomic mass is 10.3. The zero-order valence-corrected chi connectivity index (χ0v) is 16.9. The summed E-state index contributed by atoms with van der Waals surface area (Å²) in [6, 6.07) is 11.1.